The summed E-state index contributed by atoms with van der Waals surface area (Å²) in [7, 11) is 2.57. The van der Waals surface area contributed by atoms with Gasteiger partial charge in [0.15, 0.2) is 0 Å². The van der Waals surface area contributed by atoms with Crippen LogP contribution in [0.4, 0.5) is 0 Å². The molecule has 0 spiro atoms. The third kappa shape index (κ3) is 7.00. The fourth-order valence-corrected chi connectivity index (χ4v) is 3.10. The molecular formula is C14H25N3O2S. The van der Waals surface area contributed by atoms with Gasteiger partial charge in [-0.15, -0.1) is 0 Å². The predicted octanol–water partition coefficient (Wildman–Crippen LogP) is 0.777. The first-order chi connectivity index (χ1) is 9.43. The maximum absolute atomic E-state index is 12.0. The summed E-state index contributed by atoms with van der Waals surface area (Å²) in [6, 6.07) is 7.65. The highest BCUT2D eigenvalue weighted by molar-refractivity contribution is 7.88. The third-order valence-corrected chi connectivity index (χ3v) is 4.19. The number of hydrogen-bond acceptors (Lipinski definition) is 4. The van der Waals surface area contributed by atoms with Crippen molar-refractivity contribution in [1.29, 1.82) is 0 Å². The molecule has 1 rings (SSSR count). The molecule has 1 aromatic carbocycles. The minimum Gasteiger partial charge on any atom is -0.316 e. The maximum atomic E-state index is 12.0. The molecule has 0 heterocycles. The number of sulfonamides is 1. The molecule has 0 amide bonds. The van der Waals surface area contributed by atoms with E-state index in [-0.39, 0.29) is 5.75 Å². The van der Waals surface area contributed by atoms with Crippen molar-refractivity contribution in [3.05, 3.63) is 35.4 Å². The largest absolute Gasteiger partial charge is 0.316 e. The molecule has 0 radical (unpaired) electrons. The minimum absolute atomic E-state index is 0.0342. The minimum atomic E-state index is -3.25. The summed E-state index contributed by atoms with van der Waals surface area (Å²) in [5.41, 5.74) is 1.91. The smallest absolute Gasteiger partial charge is 0.215 e. The molecule has 0 saturated carbocycles. The lowest BCUT2D eigenvalue weighted by molar-refractivity contribution is 0.400. The highest BCUT2D eigenvalue weighted by Gasteiger charge is 2.11. The van der Waals surface area contributed by atoms with Gasteiger partial charge >= 0.3 is 0 Å². The van der Waals surface area contributed by atoms with E-state index in [2.05, 4.69) is 10.0 Å². The van der Waals surface area contributed by atoms with Gasteiger partial charge in [0, 0.05) is 13.1 Å². The van der Waals surface area contributed by atoms with Gasteiger partial charge in [0.05, 0.1) is 5.75 Å². The average molecular weight is 299 g/mol. The van der Waals surface area contributed by atoms with Crippen molar-refractivity contribution in [2.75, 3.05) is 34.2 Å². The first-order valence-electron chi connectivity index (χ1n) is 6.77. The van der Waals surface area contributed by atoms with Crippen LogP contribution in [0.15, 0.2) is 24.3 Å². The fraction of sp³-hybridized carbons (Fsp3) is 0.571. The highest BCUT2D eigenvalue weighted by atomic mass is 32.2. The Morgan fingerprint density at radius 2 is 1.90 bits per heavy atom. The van der Waals surface area contributed by atoms with E-state index in [1.807, 2.05) is 50.3 Å². The second kappa shape index (κ2) is 8.36. The molecule has 0 fully saturated rings. The molecule has 0 saturated heterocycles. The monoisotopic (exact) mass is 299 g/mol. The van der Waals surface area contributed by atoms with Crippen molar-refractivity contribution < 1.29 is 8.42 Å². The van der Waals surface area contributed by atoms with Crippen LogP contribution in [0.3, 0.4) is 0 Å². The SMILES string of the molecule is CNCc1cccc(CS(=O)(=O)NCCCN(C)C)c1. The Morgan fingerprint density at radius 3 is 2.55 bits per heavy atom. The van der Waals surface area contributed by atoms with Gasteiger partial charge < -0.3 is 10.2 Å². The second-order valence-corrected chi connectivity index (χ2v) is 6.97. The van der Waals surface area contributed by atoms with Gasteiger partial charge in [-0.05, 0) is 45.2 Å². The Morgan fingerprint density at radius 1 is 1.20 bits per heavy atom. The second-order valence-electron chi connectivity index (χ2n) is 5.16. The Balaban J connectivity index is 2.51. The van der Waals surface area contributed by atoms with Crippen LogP contribution in [0.5, 0.6) is 0 Å². The average Bonchev–Trinajstić information content (AvgIpc) is 2.35. The Bertz CT molecular complexity index is 501. The quantitative estimate of drug-likeness (QED) is 0.662. The van der Waals surface area contributed by atoms with Crippen molar-refractivity contribution in [1.82, 2.24) is 14.9 Å². The van der Waals surface area contributed by atoms with Crippen molar-refractivity contribution in [2.24, 2.45) is 0 Å². The van der Waals surface area contributed by atoms with Crippen molar-refractivity contribution in [2.45, 2.75) is 18.7 Å². The molecule has 0 bridgehead atoms. The molecule has 2 N–H and O–H groups in total. The number of nitrogens with zero attached hydrogens (tertiary/aromatic N) is 1. The maximum Gasteiger partial charge on any atom is 0.215 e. The van der Waals surface area contributed by atoms with Crippen LogP contribution >= 0.6 is 0 Å². The van der Waals surface area contributed by atoms with E-state index in [9.17, 15) is 8.42 Å². The van der Waals surface area contributed by atoms with Crippen LogP contribution in [0.1, 0.15) is 17.5 Å². The van der Waals surface area contributed by atoms with Gasteiger partial charge in [-0.2, -0.15) is 0 Å². The summed E-state index contributed by atoms with van der Waals surface area (Å²) in [5.74, 6) is 0.0342. The van der Waals surface area contributed by atoms with Crippen molar-refractivity contribution >= 4 is 10.0 Å². The van der Waals surface area contributed by atoms with Crippen LogP contribution in [-0.4, -0.2) is 47.6 Å². The predicted molar refractivity (Wildman–Crippen MR) is 83.0 cm³/mol. The molecule has 0 aromatic heterocycles. The Kier molecular flexibility index (Phi) is 7.15. The summed E-state index contributed by atoms with van der Waals surface area (Å²) < 4.78 is 26.6. The molecule has 5 nitrogen and oxygen atoms in total. The lowest BCUT2D eigenvalue weighted by Crippen LogP contribution is -2.28. The molecule has 6 heteroatoms. The number of rotatable bonds is 9. The van der Waals surface area contributed by atoms with Gasteiger partial charge in [-0.3, -0.25) is 0 Å². The molecule has 20 heavy (non-hydrogen) atoms. The summed E-state index contributed by atoms with van der Waals surface area (Å²) in [5, 5.41) is 3.06. The Labute approximate surface area is 122 Å². The first-order valence-corrected chi connectivity index (χ1v) is 8.42. The molecule has 0 aliphatic rings. The third-order valence-electron chi connectivity index (χ3n) is 2.83. The van der Waals surface area contributed by atoms with Crippen LogP contribution in [-0.2, 0) is 22.3 Å². The van der Waals surface area contributed by atoms with Gasteiger partial charge in [-0.25, -0.2) is 13.1 Å². The fourth-order valence-electron chi connectivity index (χ4n) is 1.93. The summed E-state index contributed by atoms with van der Waals surface area (Å²) in [6.45, 7) is 2.10. The van der Waals surface area contributed by atoms with Crippen LogP contribution in [0.25, 0.3) is 0 Å². The van der Waals surface area contributed by atoms with Crippen molar-refractivity contribution in [3.8, 4) is 0 Å². The van der Waals surface area contributed by atoms with E-state index in [1.54, 1.807) is 0 Å². The lowest BCUT2D eigenvalue weighted by atomic mass is 10.1. The van der Waals surface area contributed by atoms with E-state index >= 15 is 0 Å². The van der Waals surface area contributed by atoms with Crippen LogP contribution in [0.2, 0.25) is 0 Å². The van der Waals surface area contributed by atoms with Gasteiger partial charge in [0.2, 0.25) is 10.0 Å². The molecule has 0 unspecified atom stereocenters. The lowest BCUT2D eigenvalue weighted by Gasteiger charge is -2.11. The molecule has 0 aliphatic heterocycles. The molecule has 0 aliphatic carbocycles. The topological polar surface area (TPSA) is 61.4 Å². The molecular weight excluding hydrogens is 274 g/mol. The van der Waals surface area contributed by atoms with E-state index in [0.717, 1.165) is 30.6 Å². The number of benzene rings is 1. The zero-order valence-corrected chi connectivity index (χ0v) is 13.3. The molecule has 114 valence electrons. The van der Waals surface area contributed by atoms with Crippen LogP contribution < -0.4 is 10.0 Å². The van der Waals surface area contributed by atoms with E-state index in [0.29, 0.717) is 6.54 Å². The van der Waals surface area contributed by atoms with E-state index in [4.69, 9.17) is 0 Å². The van der Waals surface area contributed by atoms with E-state index in [1.165, 1.54) is 0 Å². The van der Waals surface area contributed by atoms with Gasteiger partial charge in [0.1, 0.15) is 0 Å². The zero-order valence-electron chi connectivity index (χ0n) is 12.5. The number of hydrogen-bond donors (Lipinski definition) is 2. The zero-order chi connectivity index (χ0) is 15.0. The highest BCUT2D eigenvalue weighted by Crippen LogP contribution is 2.08. The van der Waals surface area contributed by atoms with Gasteiger partial charge in [0.25, 0.3) is 0 Å². The summed E-state index contributed by atoms with van der Waals surface area (Å²) >= 11 is 0. The Hall–Kier alpha value is -0.950. The number of nitrogens with one attached hydrogen (secondary N) is 2. The standard InChI is InChI=1S/C14H25N3O2S/c1-15-11-13-6-4-7-14(10-13)12-20(18,19)16-8-5-9-17(2)3/h4,6-7,10,15-16H,5,8-9,11-12H2,1-3H3. The molecule has 0 atom stereocenters. The van der Waals surface area contributed by atoms with E-state index < -0.39 is 10.0 Å². The van der Waals surface area contributed by atoms with Crippen molar-refractivity contribution in [3.63, 3.8) is 0 Å². The normalized spacial score (nSPS) is 12.0. The first kappa shape index (κ1) is 17.1. The summed E-state index contributed by atoms with van der Waals surface area (Å²) in [4.78, 5) is 2.04. The van der Waals surface area contributed by atoms with Crippen LogP contribution in [0, 0.1) is 0 Å². The summed E-state index contributed by atoms with van der Waals surface area (Å²) in [6.07, 6.45) is 0.812. The van der Waals surface area contributed by atoms with Gasteiger partial charge in [-0.1, -0.05) is 24.3 Å². The molecule has 1 aromatic rings.